The van der Waals surface area contributed by atoms with Crippen LogP contribution in [0.2, 0.25) is 0 Å². The van der Waals surface area contributed by atoms with Crippen molar-refractivity contribution in [3.05, 3.63) is 12.4 Å². The molecule has 0 unspecified atom stereocenters. The van der Waals surface area contributed by atoms with Gasteiger partial charge in [0.15, 0.2) is 0 Å². The fourth-order valence-corrected chi connectivity index (χ4v) is 1.06. The third-order valence-electron chi connectivity index (χ3n) is 1.94. The highest BCUT2D eigenvalue weighted by atomic mass is 16.2. The molecule has 0 bridgehead atoms. The molecule has 1 amide bonds. The van der Waals surface area contributed by atoms with Gasteiger partial charge in [0.25, 0.3) is 0 Å². The smallest absolute Gasteiger partial charge is 0.241 e. The molecule has 0 aliphatic heterocycles. The van der Waals surface area contributed by atoms with Gasteiger partial charge in [-0.3, -0.25) is 4.79 Å². The number of carbonyl (C=O) groups is 1. The fourth-order valence-electron chi connectivity index (χ4n) is 1.06. The predicted molar refractivity (Wildman–Crippen MR) is 63.4 cm³/mol. The summed E-state index contributed by atoms with van der Waals surface area (Å²) in [6.07, 6.45) is 1.46. The highest BCUT2D eigenvalue weighted by Crippen LogP contribution is 2.07. The molecule has 6 nitrogen and oxygen atoms in total. The highest BCUT2D eigenvalue weighted by Gasteiger charge is 2.04. The lowest BCUT2D eigenvalue weighted by Gasteiger charge is -2.11. The number of anilines is 2. The summed E-state index contributed by atoms with van der Waals surface area (Å²) in [5, 5.41) is 6.01. The molecule has 6 heteroatoms. The van der Waals surface area contributed by atoms with E-state index < -0.39 is 0 Å². The maximum atomic E-state index is 11.3. The van der Waals surface area contributed by atoms with Crippen molar-refractivity contribution >= 4 is 17.5 Å². The van der Waals surface area contributed by atoms with Gasteiger partial charge in [0.1, 0.15) is 18.0 Å². The molecule has 0 fully saturated rings. The Morgan fingerprint density at radius 1 is 1.31 bits per heavy atom. The van der Waals surface area contributed by atoms with Crippen LogP contribution in [0, 0.1) is 0 Å². The molecule has 0 saturated heterocycles. The van der Waals surface area contributed by atoms with Crippen LogP contribution in [0.1, 0.15) is 6.92 Å². The van der Waals surface area contributed by atoms with E-state index in [0.29, 0.717) is 5.82 Å². The SMILES string of the molecule is CCNc1cc(NCC(=O)N(C)C)ncn1. The predicted octanol–water partition coefficient (Wildman–Crippen LogP) is 0.408. The Morgan fingerprint density at radius 3 is 2.50 bits per heavy atom. The van der Waals surface area contributed by atoms with Crippen molar-refractivity contribution in [2.24, 2.45) is 0 Å². The minimum atomic E-state index is 0.00335. The lowest BCUT2D eigenvalue weighted by Crippen LogP contribution is -2.28. The van der Waals surface area contributed by atoms with Crippen molar-refractivity contribution < 1.29 is 4.79 Å². The van der Waals surface area contributed by atoms with Crippen molar-refractivity contribution in [3.63, 3.8) is 0 Å². The monoisotopic (exact) mass is 223 g/mol. The zero-order valence-corrected chi connectivity index (χ0v) is 9.82. The lowest BCUT2D eigenvalue weighted by molar-refractivity contribution is -0.126. The average Bonchev–Trinajstić information content (AvgIpc) is 2.26. The van der Waals surface area contributed by atoms with Gasteiger partial charge in [-0.25, -0.2) is 9.97 Å². The van der Waals surface area contributed by atoms with E-state index in [1.54, 1.807) is 20.2 Å². The largest absolute Gasteiger partial charge is 0.370 e. The van der Waals surface area contributed by atoms with E-state index in [2.05, 4.69) is 20.6 Å². The topological polar surface area (TPSA) is 70.2 Å². The van der Waals surface area contributed by atoms with Crippen LogP contribution in [-0.4, -0.2) is 48.0 Å². The molecule has 16 heavy (non-hydrogen) atoms. The minimum absolute atomic E-state index is 0.00335. The molecule has 0 saturated carbocycles. The Morgan fingerprint density at radius 2 is 1.94 bits per heavy atom. The molecular formula is C10H17N5O. The van der Waals surface area contributed by atoms with Gasteiger partial charge in [0, 0.05) is 26.7 Å². The first-order chi connectivity index (χ1) is 7.63. The molecule has 1 rings (SSSR count). The molecule has 0 aromatic carbocycles. The molecule has 0 aliphatic carbocycles. The van der Waals surface area contributed by atoms with Crippen LogP contribution in [0.3, 0.4) is 0 Å². The Hall–Kier alpha value is -1.85. The quantitative estimate of drug-likeness (QED) is 0.756. The third-order valence-corrected chi connectivity index (χ3v) is 1.94. The zero-order valence-electron chi connectivity index (χ0n) is 9.82. The van der Waals surface area contributed by atoms with Gasteiger partial charge < -0.3 is 15.5 Å². The Kier molecular flexibility index (Phi) is 4.50. The van der Waals surface area contributed by atoms with Crippen molar-refractivity contribution in [2.45, 2.75) is 6.92 Å². The minimum Gasteiger partial charge on any atom is -0.370 e. The second-order valence-electron chi connectivity index (χ2n) is 3.46. The summed E-state index contributed by atoms with van der Waals surface area (Å²) in [5.41, 5.74) is 0. The number of hydrogen-bond acceptors (Lipinski definition) is 5. The van der Waals surface area contributed by atoms with Crippen LogP contribution in [0.5, 0.6) is 0 Å². The second kappa shape index (κ2) is 5.89. The third kappa shape index (κ3) is 3.72. The average molecular weight is 223 g/mol. The highest BCUT2D eigenvalue weighted by molar-refractivity contribution is 5.80. The summed E-state index contributed by atoms with van der Waals surface area (Å²) in [4.78, 5) is 20.9. The number of rotatable bonds is 5. The summed E-state index contributed by atoms with van der Waals surface area (Å²) < 4.78 is 0. The molecule has 1 aromatic heterocycles. The van der Waals surface area contributed by atoms with Crippen molar-refractivity contribution in [1.82, 2.24) is 14.9 Å². The number of nitrogens with one attached hydrogen (secondary N) is 2. The molecule has 2 N–H and O–H groups in total. The number of carbonyl (C=O) groups excluding carboxylic acids is 1. The van der Waals surface area contributed by atoms with Crippen LogP contribution in [-0.2, 0) is 4.79 Å². The van der Waals surface area contributed by atoms with Crippen LogP contribution >= 0.6 is 0 Å². The molecule has 88 valence electrons. The van der Waals surface area contributed by atoms with Gasteiger partial charge in [0.05, 0.1) is 6.54 Å². The van der Waals surface area contributed by atoms with Gasteiger partial charge in [-0.15, -0.1) is 0 Å². The fraction of sp³-hybridized carbons (Fsp3) is 0.500. The molecule has 0 atom stereocenters. The van der Waals surface area contributed by atoms with Gasteiger partial charge in [-0.05, 0) is 6.92 Å². The Balaban J connectivity index is 2.53. The number of hydrogen-bond donors (Lipinski definition) is 2. The van der Waals surface area contributed by atoms with E-state index in [1.165, 1.54) is 11.2 Å². The number of nitrogens with zero attached hydrogens (tertiary/aromatic N) is 3. The standard InChI is InChI=1S/C10H17N5O/c1-4-11-8-5-9(14-7-13-8)12-6-10(16)15(2)3/h5,7H,4,6H2,1-3H3,(H2,11,12,13,14). The number of aromatic nitrogens is 2. The lowest BCUT2D eigenvalue weighted by atomic mass is 10.4. The van der Waals surface area contributed by atoms with Gasteiger partial charge >= 0.3 is 0 Å². The number of amides is 1. The molecule has 1 aromatic rings. The van der Waals surface area contributed by atoms with Crippen LogP contribution in [0.4, 0.5) is 11.6 Å². The maximum absolute atomic E-state index is 11.3. The summed E-state index contributed by atoms with van der Waals surface area (Å²) >= 11 is 0. The van der Waals surface area contributed by atoms with Crippen LogP contribution in [0.15, 0.2) is 12.4 Å². The van der Waals surface area contributed by atoms with Crippen molar-refractivity contribution in [2.75, 3.05) is 37.8 Å². The Bertz CT molecular complexity index is 353. The number of likely N-dealkylation sites (N-methyl/N-ethyl adjacent to an activating group) is 1. The molecule has 0 aliphatic rings. The first-order valence-corrected chi connectivity index (χ1v) is 5.13. The second-order valence-corrected chi connectivity index (χ2v) is 3.46. The van der Waals surface area contributed by atoms with Crippen LogP contribution < -0.4 is 10.6 Å². The summed E-state index contributed by atoms with van der Waals surface area (Å²) in [6, 6.07) is 1.77. The maximum Gasteiger partial charge on any atom is 0.241 e. The molecule has 0 radical (unpaired) electrons. The van der Waals surface area contributed by atoms with E-state index >= 15 is 0 Å². The summed E-state index contributed by atoms with van der Waals surface area (Å²) in [5.74, 6) is 1.39. The first-order valence-electron chi connectivity index (χ1n) is 5.13. The van der Waals surface area contributed by atoms with Crippen molar-refractivity contribution in [3.8, 4) is 0 Å². The summed E-state index contributed by atoms with van der Waals surface area (Å²) in [7, 11) is 3.43. The Labute approximate surface area is 95.1 Å². The van der Waals surface area contributed by atoms with Crippen molar-refractivity contribution in [1.29, 1.82) is 0 Å². The van der Waals surface area contributed by atoms with E-state index in [9.17, 15) is 4.79 Å². The van der Waals surface area contributed by atoms with Gasteiger partial charge in [-0.1, -0.05) is 0 Å². The van der Waals surface area contributed by atoms with E-state index in [4.69, 9.17) is 0 Å². The normalized spacial score (nSPS) is 9.69. The molecule has 0 spiro atoms. The van der Waals surface area contributed by atoms with E-state index in [-0.39, 0.29) is 12.5 Å². The van der Waals surface area contributed by atoms with E-state index in [1.807, 2.05) is 6.92 Å². The van der Waals surface area contributed by atoms with Gasteiger partial charge in [-0.2, -0.15) is 0 Å². The molecular weight excluding hydrogens is 206 g/mol. The van der Waals surface area contributed by atoms with Crippen LogP contribution in [0.25, 0.3) is 0 Å². The zero-order chi connectivity index (χ0) is 12.0. The first kappa shape index (κ1) is 12.2. The van der Waals surface area contributed by atoms with E-state index in [0.717, 1.165) is 12.4 Å². The molecule has 1 heterocycles. The summed E-state index contributed by atoms with van der Waals surface area (Å²) in [6.45, 7) is 3.02. The van der Waals surface area contributed by atoms with Gasteiger partial charge in [0.2, 0.25) is 5.91 Å².